The Balaban J connectivity index is 2.05. The SMILES string of the molecule is C[C@@H]1CN(C)[C@@H]2CCCC[C@]2(c2cccc(O)c2)O1. The largest absolute Gasteiger partial charge is 0.508 e. The van der Waals surface area contributed by atoms with Crippen LogP contribution in [0.15, 0.2) is 24.3 Å². The maximum Gasteiger partial charge on any atom is 0.115 e. The highest BCUT2D eigenvalue weighted by atomic mass is 16.5. The Morgan fingerprint density at radius 1 is 1.37 bits per heavy atom. The lowest BCUT2D eigenvalue weighted by atomic mass is 9.73. The lowest BCUT2D eigenvalue weighted by Gasteiger charge is -2.53. The molecule has 0 spiro atoms. The van der Waals surface area contributed by atoms with Gasteiger partial charge in [0, 0.05) is 12.6 Å². The molecule has 0 bridgehead atoms. The number of fused-ring (bicyclic) bond motifs is 1. The first-order valence-corrected chi connectivity index (χ1v) is 7.29. The van der Waals surface area contributed by atoms with Gasteiger partial charge in [-0.05, 0) is 44.5 Å². The number of phenols is 1. The summed E-state index contributed by atoms with van der Waals surface area (Å²) in [6, 6.07) is 8.06. The van der Waals surface area contributed by atoms with Crippen molar-refractivity contribution in [3.63, 3.8) is 0 Å². The number of phenolic OH excluding ortho intramolecular Hbond substituents is 1. The molecule has 3 rings (SSSR count). The average molecular weight is 261 g/mol. The van der Waals surface area contributed by atoms with E-state index in [1.54, 1.807) is 6.07 Å². The molecule has 1 aromatic rings. The van der Waals surface area contributed by atoms with Gasteiger partial charge < -0.3 is 9.84 Å². The minimum absolute atomic E-state index is 0.233. The number of ether oxygens (including phenoxy) is 1. The number of benzene rings is 1. The third kappa shape index (κ3) is 2.15. The quantitative estimate of drug-likeness (QED) is 0.843. The maximum atomic E-state index is 9.79. The standard InChI is InChI=1S/C16H23NO2/c1-12-11-17(2)15-8-3-4-9-16(15,19-12)13-6-5-7-14(18)10-13/h5-7,10,12,15,18H,3-4,8-9,11H2,1-2H3/t12-,15-,16-/m1/s1. The molecule has 1 aliphatic heterocycles. The fourth-order valence-electron chi connectivity index (χ4n) is 3.94. The zero-order valence-corrected chi connectivity index (χ0v) is 11.8. The number of likely N-dealkylation sites (N-methyl/N-ethyl adjacent to an activating group) is 1. The van der Waals surface area contributed by atoms with Crippen molar-refractivity contribution in [2.75, 3.05) is 13.6 Å². The van der Waals surface area contributed by atoms with Crippen LogP contribution in [0, 0.1) is 0 Å². The summed E-state index contributed by atoms with van der Waals surface area (Å²) in [4.78, 5) is 2.44. The number of hydrogen-bond donors (Lipinski definition) is 1. The number of morpholine rings is 1. The highest BCUT2D eigenvalue weighted by Gasteiger charge is 2.49. The highest BCUT2D eigenvalue weighted by Crippen LogP contribution is 2.46. The molecule has 104 valence electrons. The molecule has 0 amide bonds. The molecule has 0 aromatic heterocycles. The molecule has 1 saturated heterocycles. The van der Waals surface area contributed by atoms with Gasteiger partial charge in [-0.1, -0.05) is 25.0 Å². The van der Waals surface area contributed by atoms with Crippen LogP contribution >= 0.6 is 0 Å². The van der Waals surface area contributed by atoms with E-state index >= 15 is 0 Å². The van der Waals surface area contributed by atoms with Gasteiger partial charge in [0.2, 0.25) is 0 Å². The van der Waals surface area contributed by atoms with Crippen LogP contribution in [0.25, 0.3) is 0 Å². The molecule has 3 atom stereocenters. The summed E-state index contributed by atoms with van der Waals surface area (Å²) in [5, 5.41) is 9.79. The van der Waals surface area contributed by atoms with Crippen LogP contribution < -0.4 is 0 Å². The smallest absolute Gasteiger partial charge is 0.115 e. The topological polar surface area (TPSA) is 32.7 Å². The van der Waals surface area contributed by atoms with Gasteiger partial charge >= 0.3 is 0 Å². The second-order valence-electron chi connectivity index (χ2n) is 6.07. The van der Waals surface area contributed by atoms with Crippen LogP contribution in [0.1, 0.15) is 38.2 Å². The van der Waals surface area contributed by atoms with Crippen LogP contribution in [-0.2, 0) is 10.3 Å². The van der Waals surface area contributed by atoms with Gasteiger partial charge in [-0.25, -0.2) is 0 Å². The summed E-state index contributed by atoms with van der Waals surface area (Å²) < 4.78 is 6.44. The molecule has 1 saturated carbocycles. The van der Waals surface area contributed by atoms with Gasteiger partial charge in [-0.15, -0.1) is 0 Å². The zero-order chi connectivity index (χ0) is 13.5. The molecule has 1 heterocycles. The Morgan fingerprint density at radius 3 is 3.00 bits per heavy atom. The van der Waals surface area contributed by atoms with Crippen molar-refractivity contribution in [1.29, 1.82) is 0 Å². The third-order valence-corrected chi connectivity index (χ3v) is 4.64. The van der Waals surface area contributed by atoms with E-state index in [0.29, 0.717) is 11.8 Å². The molecule has 3 heteroatoms. The summed E-state index contributed by atoms with van der Waals surface area (Å²) in [6.07, 6.45) is 4.94. The van der Waals surface area contributed by atoms with Crippen LogP contribution in [0.2, 0.25) is 0 Å². The molecular weight excluding hydrogens is 238 g/mol. The van der Waals surface area contributed by atoms with E-state index in [2.05, 4.69) is 24.9 Å². The predicted molar refractivity (Wildman–Crippen MR) is 75.2 cm³/mol. The Hall–Kier alpha value is -1.06. The van der Waals surface area contributed by atoms with E-state index < -0.39 is 0 Å². The fraction of sp³-hybridized carbons (Fsp3) is 0.625. The minimum atomic E-state index is -0.233. The van der Waals surface area contributed by atoms with Crippen LogP contribution in [0.3, 0.4) is 0 Å². The Morgan fingerprint density at radius 2 is 2.21 bits per heavy atom. The van der Waals surface area contributed by atoms with Crippen molar-refractivity contribution in [3.8, 4) is 5.75 Å². The van der Waals surface area contributed by atoms with Gasteiger partial charge in [-0.3, -0.25) is 4.90 Å². The number of rotatable bonds is 1. The highest BCUT2D eigenvalue weighted by molar-refractivity contribution is 5.34. The number of nitrogens with zero attached hydrogens (tertiary/aromatic N) is 1. The van der Waals surface area contributed by atoms with E-state index in [9.17, 15) is 5.11 Å². The second-order valence-corrected chi connectivity index (χ2v) is 6.07. The van der Waals surface area contributed by atoms with E-state index in [-0.39, 0.29) is 11.7 Å². The molecule has 1 N–H and O–H groups in total. The average Bonchev–Trinajstić information content (AvgIpc) is 2.38. The molecule has 0 unspecified atom stereocenters. The van der Waals surface area contributed by atoms with Crippen LogP contribution in [0.4, 0.5) is 0 Å². The van der Waals surface area contributed by atoms with E-state index in [4.69, 9.17) is 4.74 Å². The Kier molecular flexibility index (Phi) is 3.27. The summed E-state index contributed by atoms with van der Waals surface area (Å²) in [6.45, 7) is 3.14. The molecule has 0 radical (unpaired) electrons. The van der Waals surface area contributed by atoms with Crippen molar-refractivity contribution < 1.29 is 9.84 Å². The van der Waals surface area contributed by atoms with Gasteiger partial charge in [0.1, 0.15) is 11.4 Å². The molecule has 2 fully saturated rings. The number of aromatic hydroxyl groups is 1. The predicted octanol–water partition coefficient (Wildman–Crippen LogP) is 2.88. The maximum absolute atomic E-state index is 9.79. The lowest BCUT2D eigenvalue weighted by molar-refractivity contribution is -0.198. The summed E-state index contributed by atoms with van der Waals surface area (Å²) in [7, 11) is 2.20. The first-order chi connectivity index (χ1) is 9.12. The fourth-order valence-corrected chi connectivity index (χ4v) is 3.94. The van der Waals surface area contributed by atoms with Gasteiger partial charge in [-0.2, -0.15) is 0 Å². The van der Waals surface area contributed by atoms with Crippen molar-refractivity contribution in [2.45, 2.75) is 50.4 Å². The van der Waals surface area contributed by atoms with E-state index in [1.165, 1.54) is 19.3 Å². The molecule has 1 aliphatic carbocycles. The summed E-state index contributed by atoms with van der Waals surface area (Å²) in [5.74, 6) is 0.334. The molecule has 2 aliphatic rings. The van der Waals surface area contributed by atoms with Crippen LogP contribution in [-0.4, -0.2) is 35.7 Å². The summed E-state index contributed by atoms with van der Waals surface area (Å²) in [5.41, 5.74) is 0.902. The minimum Gasteiger partial charge on any atom is -0.508 e. The second kappa shape index (κ2) is 4.80. The molecule has 1 aromatic carbocycles. The first kappa shape index (κ1) is 12.9. The van der Waals surface area contributed by atoms with Gasteiger partial charge in [0.15, 0.2) is 0 Å². The summed E-state index contributed by atoms with van der Waals surface area (Å²) >= 11 is 0. The Labute approximate surface area is 115 Å². The van der Waals surface area contributed by atoms with Crippen LogP contribution in [0.5, 0.6) is 5.75 Å². The normalized spacial score (nSPS) is 35.9. The zero-order valence-electron chi connectivity index (χ0n) is 11.8. The molecule has 19 heavy (non-hydrogen) atoms. The lowest BCUT2D eigenvalue weighted by Crippen LogP contribution is -2.60. The molecule has 3 nitrogen and oxygen atoms in total. The van der Waals surface area contributed by atoms with Crippen molar-refractivity contribution in [2.24, 2.45) is 0 Å². The van der Waals surface area contributed by atoms with E-state index in [1.807, 2.05) is 12.1 Å². The van der Waals surface area contributed by atoms with Gasteiger partial charge in [0.25, 0.3) is 0 Å². The van der Waals surface area contributed by atoms with Crippen molar-refractivity contribution >= 4 is 0 Å². The van der Waals surface area contributed by atoms with Gasteiger partial charge in [0.05, 0.1) is 6.10 Å². The Bertz CT molecular complexity index is 462. The van der Waals surface area contributed by atoms with Crippen molar-refractivity contribution in [1.82, 2.24) is 4.90 Å². The molecular formula is C16H23NO2. The van der Waals surface area contributed by atoms with E-state index in [0.717, 1.165) is 18.5 Å². The monoisotopic (exact) mass is 261 g/mol. The number of hydrogen-bond acceptors (Lipinski definition) is 3. The van der Waals surface area contributed by atoms with Crippen molar-refractivity contribution in [3.05, 3.63) is 29.8 Å². The third-order valence-electron chi connectivity index (χ3n) is 4.64. The first-order valence-electron chi connectivity index (χ1n) is 7.29.